The van der Waals surface area contributed by atoms with Crippen LogP contribution in [0.15, 0.2) is 12.1 Å². The van der Waals surface area contributed by atoms with E-state index in [4.69, 9.17) is 10.9 Å². The number of halogens is 2. The van der Waals surface area contributed by atoms with Gasteiger partial charge in [0, 0.05) is 5.56 Å². The molecule has 1 aromatic rings. The van der Waals surface area contributed by atoms with Crippen LogP contribution in [-0.4, -0.2) is 11.1 Å². The molecule has 0 aromatic heterocycles. The minimum atomic E-state index is -1.04. The molecule has 13 heavy (non-hydrogen) atoms. The highest BCUT2D eigenvalue weighted by Crippen LogP contribution is 2.16. The Kier molecular flexibility index (Phi) is 2.43. The number of hydrogen-bond donors (Lipinski definition) is 3. The van der Waals surface area contributed by atoms with E-state index in [1.165, 1.54) is 5.48 Å². The smallest absolute Gasteiger partial charge is 0.274 e. The molecular formula is C7H6F2N2O2. The number of rotatable bonds is 1. The standard InChI is InChI=1S/C7H6F2N2O2/c8-4-1-3(7(12)11-13)2-5(9)6(4)10/h1-2,13H,10H2,(H,11,12). The highest BCUT2D eigenvalue weighted by molar-refractivity contribution is 5.93. The van der Waals surface area contributed by atoms with Crippen LogP contribution in [0, 0.1) is 11.6 Å². The molecule has 0 bridgehead atoms. The zero-order chi connectivity index (χ0) is 10.0. The van der Waals surface area contributed by atoms with Crippen LogP contribution in [0.25, 0.3) is 0 Å². The van der Waals surface area contributed by atoms with Crippen LogP contribution in [-0.2, 0) is 0 Å². The van der Waals surface area contributed by atoms with Crippen molar-refractivity contribution < 1.29 is 18.8 Å². The van der Waals surface area contributed by atoms with Crippen LogP contribution in [0.2, 0.25) is 0 Å². The van der Waals surface area contributed by atoms with Gasteiger partial charge < -0.3 is 5.73 Å². The Bertz CT molecular complexity index is 331. The average molecular weight is 188 g/mol. The minimum absolute atomic E-state index is 0.341. The quantitative estimate of drug-likeness (QED) is 0.344. The maximum atomic E-state index is 12.7. The number of nitrogen functional groups attached to an aromatic ring is 1. The van der Waals surface area contributed by atoms with Crippen molar-refractivity contribution in [2.75, 3.05) is 5.73 Å². The third kappa shape index (κ3) is 1.73. The van der Waals surface area contributed by atoms with Crippen LogP contribution in [0.3, 0.4) is 0 Å². The fourth-order valence-electron chi connectivity index (χ4n) is 0.780. The molecule has 0 atom stereocenters. The van der Waals surface area contributed by atoms with E-state index in [2.05, 4.69) is 0 Å². The summed E-state index contributed by atoms with van der Waals surface area (Å²) in [5.41, 5.74) is 5.19. The molecule has 0 radical (unpaired) electrons. The number of hydroxylamine groups is 1. The van der Waals surface area contributed by atoms with Crippen molar-refractivity contribution in [3.8, 4) is 0 Å². The van der Waals surface area contributed by atoms with Crippen molar-refractivity contribution in [3.05, 3.63) is 29.3 Å². The van der Waals surface area contributed by atoms with Crippen LogP contribution >= 0.6 is 0 Å². The Labute approximate surface area is 71.9 Å². The molecule has 0 aliphatic rings. The van der Waals surface area contributed by atoms with Gasteiger partial charge in [-0.3, -0.25) is 10.0 Å². The van der Waals surface area contributed by atoms with Crippen molar-refractivity contribution in [2.45, 2.75) is 0 Å². The maximum absolute atomic E-state index is 12.7. The van der Waals surface area contributed by atoms with Crippen molar-refractivity contribution in [3.63, 3.8) is 0 Å². The average Bonchev–Trinajstić information content (AvgIpc) is 2.12. The Morgan fingerprint density at radius 3 is 2.23 bits per heavy atom. The predicted molar refractivity (Wildman–Crippen MR) is 40.0 cm³/mol. The number of anilines is 1. The molecule has 0 heterocycles. The van der Waals surface area contributed by atoms with E-state index in [1.54, 1.807) is 0 Å². The molecule has 0 saturated carbocycles. The van der Waals surface area contributed by atoms with Crippen LogP contribution in [0.5, 0.6) is 0 Å². The molecule has 70 valence electrons. The molecule has 0 spiro atoms. The number of hydrogen-bond acceptors (Lipinski definition) is 3. The number of nitrogens with two attached hydrogens (primary N) is 1. The van der Waals surface area contributed by atoms with Crippen LogP contribution in [0.1, 0.15) is 10.4 Å². The van der Waals surface area contributed by atoms with Gasteiger partial charge in [-0.1, -0.05) is 0 Å². The lowest BCUT2D eigenvalue weighted by Gasteiger charge is -2.02. The summed E-state index contributed by atoms with van der Waals surface area (Å²) in [7, 11) is 0. The Hall–Kier alpha value is -1.69. The van der Waals surface area contributed by atoms with Gasteiger partial charge >= 0.3 is 0 Å². The Morgan fingerprint density at radius 2 is 1.85 bits per heavy atom. The zero-order valence-corrected chi connectivity index (χ0v) is 6.34. The molecule has 1 rings (SSSR count). The van der Waals surface area contributed by atoms with Crippen molar-refractivity contribution in [1.82, 2.24) is 5.48 Å². The van der Waals surface area contributed by atoms with Crippen LogP contribution in [0.4, 0.5) is 14.5 Å². The highest BCUT2D eigenvalue weighted by atomic mass is 19.1. The second-order valence-corrected chi connectivity index (χ2v) is 2.29. The Morgan fingerprint density at radius 1 is 1.38 bits per heavy atom. The van der Waals surface area contributed by atoms with E-state index in [0.717, 1.165) is 12.1 Å². The molecule has 0 aliphatic heterocycles. The summed E-state index contributed by atoms with van der Waals surface area (Å²) in [5.74, 6) is -3.09. The fraction of sp³-hybridized carbons (Fsp3) is 0. The zero-order valence-electron chi connectivity index (χ0n) is 6.34. The van der Waals surface area contributed by atoms with E-state index >= 15 is 0 Å². The SMILES string of the molecule is Nc1c(F)cc(C(=O)NO)cc1F. The van der Waals surface area contributed by atoms with E-state index in [0.29, 0.717) is 0 Å². The molecule has 0 fully saturated rings. The molecule has 6 heteroatoms. The van der Waals surface area contributed by atoms with E-state index in [-0.39, 0.29) is 5.56 Å². The van der Waals surface area contributed by atoms with E-state index < -0.39 is 23.2 Å². The maximum Gasteiger partial charge on any atom is 0.274 e. The van der Waals surface area contributed by atoms with Gasteiger partial charge in [0.15, 0.2) is 0 Å². The second kappa shape index (κ2) is 3.36. The molecule has 1 amide bonds. The van der Waals surface area contributed by atoms with E-state index in [9.17, 15) is 13.6 Å². The highest BCUT2D eigenvalue weighted by Gasteiger charge is 2.11. The number of nitrogens with one attached hydrogen (secondary N) is 1. The lowest BCUT2D eigenvalue weighted by Crippen LogP contribution is -2.19. The van der Waals surface area contributed by atoms with Gasteiger partial charge in [0.05, 0.1) is 0 Å². The topological polar surface area (TPSA) is 75.4 Å². The van der Waals surface area contributed by atoms with Gasteiger partial charge in [-0.2, -0.15) is 0 Å². The van der Waals surface area contributed by atoms with Gasteiger partial charge in [-0.25, -0.2) is 14.3 Å². The largest absolute Gasteiger partial charge is 0.394 e. The summed E-state index contributed by atoms with van der Waals surface area (Å²) < 4.78 is 25.4. The second-order valence-electron chi connectivity index (χ2n) is 2.29. The first kappa shape index (κ1) is 9.40. The lowest BCUT2D eigenvalue weighted by atomic mass is 10.2. The third-order valence-corrected chi connectivity index (χ3v) is 1.44. The van der Waals surface area contributed by atoms with Gasteiger partial charge in [0.1, 0.15) is 17.3 Å². The Balaban J connectivity index is 3.20. The summed E-state index contributed by atoms with van der Waals surface area (Å²) in [5, 5.41) is 8.16. The lowest BCUT2D eigenvalue weighted by molar-refractivity contribution is 0.0705. The first-order valence-electron chi connectivity index (χ1n) is 3.25. The number of carbonyl (C=O) groups excluding carboxylic acids is 1. The molecule has 0 saturated heterocycles. The summed E-state index contributed by atoms with van der Waals surface area (Å²) in [4.78, 5) is 10.7. The number of carbonyl (C=O) groups is 1. The monoisotopic (exact) mass is 188 g/mol. The predicted octanol–water partition coefficient (Wildman–Crippen LogP) is 0.666. The summed E-state index contributed by atoms with van der Waals surface area (Å²) in [6, 6.07) is 1.45. The first-order chi connectivity index (χ1) is 6.06. The van der Waals surface area contributed by atoms with Gasteiger partial charge in [-0.15, -0.1) is 0 Å². The van der Waals surface area contributed by atoms with E-state index in [1.807, 2.05) is 0 Å². The third-order valence-electron chi connectivity index (χ3n) is 1.44. The van der Waals surface area contributed by atoms with Crippen LogP contribution < -0.4 is 11.2 Å². The molecule has 0 aliphatic carbocycles. The minimum Gasteiger partial charge on any atom is -0.394 e. The van der Waals surface area contributed by atoms with Gasteiger partial charge in [0.2, 0.25) is 0 Å². The number of amides is 1. The summed E-state index contributed by atoms with van der Waals surface area (Å²) in [6.07, 6.45) is 0. The summed E-state index contributed by atoms with van der Waals surface area (Å²) >= 11 is 0. The summed E-state index contributed by atoms with van der Waals surface area (Å²) in [6.45, 7) is 0. The van der Waals surface area contributed by atoms with Crippen molar-refractivity contribution >= 4 is 11.6 Å². The molecule has 4 nitrogen and oxygen atoms in total. The fourth-order valence-corrected chi connectivity index (χ4v) is 0.780. The van der Waals surface area contributed by atoms with Gasteiger partial charge in [-0.05, 0) is 12.1 Å². The molecule has 0 unspecified atom stereocenters. The molecular weight excluding hydrogens is 182 g/mol. The molecule has 4 N–H and O–H groups in total. The molecule has 1 aromatic carbocycles. The normalized spacial score (nSPS) is 9.77. The van der Waals surface area contributed by atoms with Crippen molar-refractivity contribution in [2.24, 2.45) is 0 Å². The first-order valence-corrected chi connectivity index (χ1v) is 3.25. The number of benzene rings is 1. The van der Waals surface area contributed by atoms with Gasteiger partial charge in [0.25, 0.3) is 5.91 Å². The van der Waals surface area contributed by atoms with Crippen molar-refractivity contribution in [1.29, 1.82) is 0 Å².